The van der Waals surface area contributed by atoms with E-state index in [0.717, 1.165) is 17.7 Å². The number of oxazole rings is 1. The van der Waals surface area contributed by atoms with Crippen LogP contribution in [-0.4, -0.2) is 50.5 Å². The van der Waals surface area contributed by atoms with Crippen LogP contribution >= 0.6 is 0 Å². The number of nitrogens with zero attached hydrogens (tertiary/aromatic N) is 1. The van der Waals surface area contributed by atoms with Gasteiger partial charge in [-0.05, 0) is 48.4 Å². The monoisotopic (exact) mass is 523 g/mol. The van der Waals surface area contributed by atoms with E-state index in [0.29, 0.717) is 24.5 Å². The molecule has 2 amide bonds. The van der Waals surface area contributed by atoms with Crippen LogP contribution in [0.1, 0.15) is 21.9 Å². The molecule has 1 aromatic heterocycles. The molecule has 0 spiro atoms. The molecule has 0 unspecified atom stereocenters. The zero-order chi connectivity index (χ0) is 26.8. The number of rotatable bonds is 12. The van der Waals surface area contributed by atoms with Gasteiger partial charge >= 0.3 is 6.36 Å². The van der Waals surface area contributed by atoms with Gasteiger partial charge in [-0.1, -0.05) is 0 Å². The van der Waals surface area contributed by atoms with Crippen molar-refractivity contribution in [1.29, 1.82) is 0 Å². The first-order valence-electron chi connectivity index (χ1n) is 10.8. The first-order valence-corrected chi connectivity index (χ1v) is 10.8. The van der Waals surface area contributed by atoms with E-state index >= 15 is 0 Å². The second kappa shape index (κ2) is 12.5. The van der Waals surface area contributed by atoms with E-state index < -0.39 is 30.5 Å². The van der Waals surface area contributed by atoms with Crippen molar-refractivity contribution in [3.8, 4) is 23.0 Å². The molecule has 0 bridgehead atoms. The zero-order valence-electron chi connectivity index (χ0n) is 19.9. The summed E-state index contributed by atoms with van der Waals surface area (Å²) < 4.78 is 61.2. The zero-order valence-corrected chi connectivity index (χ0v) is 19.9. The lowest BCUT2D eigenvalue weighted by Crippen LogP contribution is -2.29. The fraction of sp³-hybridized carbons (Fsp3) is 0.292. The SMILES string of the molecule is COc1cc(CCNC(=O)c2coc(CNC(=O)COc3ccc(OC(F)(F)F)cc3)n2)cc(OC)c1. The minimum Gasteiger partial charge on any atom is -0.497 e. The molecule has 0 aliphatic heterocycles. The topological polar surface area (TPSA) is 121 Å². The Labute approximate surface area is 209 Å². The minimum absolute atomic E-state index is 0.0462. The number of alkyl halides is 3. The van der Waals surface area contributed by atoms with Gasteiger partial charge in [-0.2, -0.15) is 0 Å². The summed E-state index contributed by atoms with van der Waals surface area (Å²) in [6, 6.07) is 10.0. The number of carbonyl (C=O) groups excluding carboxylic acids is 2. The Balaban J connectivity index is 1.39. The van der Waals surface area contributed by atoms with Crippen LogP contribution in [0.25, 0.3) is 0 Å². The van der Waals surface area contributed by atoms with E-state index in [1.54, 1.807) is 20.3 Å². The number of hydrogen-bond donors (Lipinski definition) is 2. The maximum absolute atomic E-state index is 12.3. The first-order chi connectivity index (χ1) is 17.6. The number of aromatic nitrogens is 1. The molecule has 3 aromatic rings. The minimum atomic E-state index is -4.80. The smallest absolute Gasteiger partial charge is 0.497 e. The third-order valence-electron chi connectivity index (χ3n) is 4.76. The Bertz CT molecular complexity index is 1170. The average Bonchev–Trinajstić information content (AvgIpc) is 3.35. The Morgan fingerprint density at radius 2 is 1.59 bits per heavy atom. The van der Waals surface area contributed by atoms with E-state index in [1.165, 1.54) is 18.4 Å². The molecule has 2 N–H and O–H groups in total. The van der Waals surface area contributed by atoms with Crippen LogP contribution in [0.5, 0.6) is 23.0 Å². The molecule has 198 valence electrons. The van der Waals surface area contributed by atoms with E-state index in [2.05, 4.69) is 20.4 Å². The summed E-state index contributed by atoms with van der Waals surface area (Å²) in [4.78, 5) is 28.3. The van der Waals surface area contributed by atoms with Crippen LogP contribution in [0.3, 0.4) is 0 Å². The van der Waals surface area contributed by atoms with Gasteiger partial charge in [-0.3, -0.25) is 9.59 Å². The second-order valence-electron chi connectivity index (χ2n) is 7.44. The van der Waals surface area contributed by atoms with Gasteiger partial charge in [0.25, 0.3) is 11.8 Å². The highest BCUT2D eigenvalue weighted by molar-refractivity contribution is 5.91. The van der Waals surface area contributed by atoms with Crippen LogP contribution in [0.15, 0.2) is 53.1 Å². The fourth-order valence-corrected chi connectivity index (χ4v) is 3.03. The molecule has 3 rings (SSSR count). The Hall–Kier alpha value is -4.42. The van der Waals surface area contributed by atoms with Crippen molar-refractivity contribution in [3.63, 3.8) is 0 Å². The maximum atomic E-state index is 12.3. The molecule has 0 radical (unpaired) electrons. The number of hydrogen-bond acceptors (Lipinski definition) is 8. The van der Waals surface area contributed by atoms with Crippen LogP contribution < -0.4 is 29.6 Å². The maximum Gasteiger partial charge on any atom is 0.573 e. The van der Waals surface area contributed by atoms with Gasteiger partial charge in [0.1, 0.15) is 29.3 Å². The molecular formula is C24H24F3N3O7. The molecule has 10 nitrogen and oxygen atoms in total. The number of methoxy groups -OCH3 is 2. The van der Waals surface area contributed by atoms with Crippen molar-refractivity contribution in [2.75, 3.05) is 27.4 Å². The molecule has 13 heteroatoms. The van der Waals surface area contributed by atoms with Gasteiger partial charge in [0.15, 0.2) is 12.3 Å². The molecule has 1 heterocycles. The summed E-state index contributed by atoms with van der Waals surface area (Å²) in [6.45, 7) is -0.172. The molecule has 0 saturated heterocycles. The van der Waals surface area contributed by atoms with Crippen molar-refractivity contribution in [2.45, 2.75) is 19.3 Å². The third kappa shape index (κ3) is 8.94. The van der Waals surface area contributed by atoms with Crippen LogP contribution in [-0.2, 0) is 17.8 Å². The number of nitrogens with one attached hydrogen (secondary N) is 2. The van der Waals surface area contributed by atoms with Crippen molar-refractivity contribution in [2.24, 2.45) is 0 Å². The Kier molecular flexibility index (Phi) is 9.19. The van der Waals surface area contributed by atoms with Crippen LogP contribution in [0, 0.1) is 0 Å². The van der Waals surface area contributed by atoms with Gasteiger partial charge in [0.2, 0.25) is 5.89 Å². The van der Waals surface area contributed by atoms with Gasteiger partial charge in [0, 0.05) is 12.6 Å². The normalized spacial score (nSPS) is 10.9. The lowest BCUT2D eigenvalue weighted by Gasteiger charge is -2.10. The molecule has 0 atom stereocenters. The lowest BCUT2D eigenvalue weighted by atomic mass is 10.1. The second-order valence-corrected chi connectivity index (χ2v) is 7.44. The molecule has 0 fully saturated rings. The standard InChI is InChI=1S/C24H24F3N3O7/c1-33-18-9-15(10-19(11-18)34-2)7-8-28-23(32)20-13-36-22(30-20)12-29-21(31)14-35-16-3-5-17(6-4-16)37-24(25,26)27/h3-6,9-11,13H,7-8,12,14H2,1-2H3,(H,28,32)(H,29,31). The lowest BCUT2D eigenvalue weighted by molar-refractivity contribution is -0.274. The Morgan fingerprint density at radius 3 is 2.22 bits per heavy atom. The predicted molar refractivity (Wildman–Crippen MR) is 123 cm³/mol. The molecular weight excluding hydrogens is 499 g/mol. The Morgan fingerprint density at radius 1 is 0.946 bits per heavy atom. The summed E-state index contributed by atoms with van der Waals surface area (Å²) in [5.41, 5.74) is 0.956. The highest BCUT2D eigenvalue weighted by atomic mass is 19.4. The molecule has 0 saturated carbocycles. The van der Waals surface area contributed by atoms with Gasteiger partial charge in [-0.15, -0.1) is 13.2 Å². The number of carbonyl (C=O) groups is 2. The predicted octanol–water partition coefficient (Wildman–Crippen LogP) is 3.26. The number of amides is 2. The van der Waals surface area contributed by atoms with Crippen LogP contribution in [0.2, 0.25) is 0 Å². The molecule has 37 heavy (non-hydrogen) atoms. The number of ether oxygens (including phenoxy) is 4. The first kappa shape index (κ1) is 27.2. The summed E-state index contributed by atoms with van der Waals surface area (Å²) in [7, 11) is 3.10. The number of benzene rings is 2. The fourth-order valence-electron chi connectivity index (χ4n) is 3.03. The van der Waals surface area contributed by atoms with Crippen molar-refractivity contribution in [1.82, 2.24) is 15.6 Å². The molecule has 2 aromatic carbocycles. The van der Waals surface area contributed by atoms with Gasteiger partial charge < -0.3 is 34.0 Å². The quantitative estimate of drug-likeness (QED) is 0.371. The highest BCUT2D eigenvalue weighted by Crippen LogP contribution is 2.25. The van der Waals surface area contributed by atoms with Gasteiger partial charge in [0.05, 0.1) is 20.8 Å². The summed E-state index contributed by atoms with van der Waals surface area (Å²) in [6.07, 6.45) is -3.10. The van der Waals surface area contributed by atoms with E-state index in [4.69, 9.17) is 18.6 Å². The van der Waals surface area contributed by atoms with E-state index in [1.807, 2.05) is 12.1 Å². The third-order valence-corrected chi connectivity index (χ3v) is 4.76. The molecule has 0 aliphatic rings. The largest absolute Gasteiger partial charge is 0.573 e. The van der Waals surface area contributed by atoms with E-state index in [9.17, 15) is 22.8 Å². The summed E-state index contributed by atoms with van der Waals surface area (Å²) >= 11 is 0. The number of halogens is 3. The van der Waals surface area contributed by atoms with Crippen molar-refractivity contribution < 1.29 is 46.1 Å². The highest BCUT2D eigenvalue weighted by Gasteiger charge is 2.31. The van der Waals surface area contributed by atoms with Crippen molar-refractivity contribution >= 4 is 11.8 Å². The van der Waals surface area contributed by atoms with Crippen LogP contribution in [0.4, 0.5) is 13.2 Å². The molecule has 0 aliphatic carbocycles. The summed E-state index contributed by atoms with van der Waals surface area (Å²) in [5, 5.41) is 5.23. The summed E-state index contributed by atoms with van der Waals surface area (Å²) in [5.74, 6) is 0.168. The van der Waals surface area contributed by atoms with Crippen molar-refractivity contribution in [3.05, 3.63) is 65.9 Å². The van der Waals surface area contributed by atoms with Gasteiger partial charge in [-0.25, -0.2) is 4.98 Å². The average molecular weight is 523 g/mol. The van der Waals surface area contributed by atoms with E-state index in [-0.39, 0.29) is 23.9 Å².